The third kappa shape index (κ3) is 0.926. The first-order valence-electron chi connectivity index (χ1n) is 3.97. The predicted molar refractivity (Wildman–Crippen MR) is 39.1 cm³/mol. The predicted octanol–water partition coefficient (Wildman–Crippen LogP) is 1.59. The largest absolute Gasteiger partial charge is 0.413 e. The minimum Gasteiger partial charge on any atom is -0.413 e. The number of hydrogen-bond donors (Lipinski definition) is 1. The minimum absolute atomic E-state index is 0.508. The van der Waals surface area contributed by atoms with E-state index in [1.165, 1.54) is 19.3 Å². The number of rotatable bonds is 1. The molecule has 0 spiro atoms. The molecule has 0 aromatic heterocycles. The summed E-state index contributed by atoms with van der Waals surface area (Å²) in [7, 11) is 0. The maximum atomic E-state index is 5.13. The van der Waals surface area contributed by atoms with Gasteiger partial charge in [0, 0.05) is 0 Å². The molecule has 1 fully saturated rings. The minimum atomic E-state index is 0.508. The van der Waals surface area contributed by atoms with Crippen LogP contribution in [0.5, 0.6) is 0 Å². The maximum Gasteiger partial charge on any atom is 0.118 e. The first-order valence-corrected chi connectivity index (χ1v) is 3.97. The zero-order valence-electron chi connectivity index (χ0n) is 6.26. The van der Waals surface area contributed by atoms with Gasteiger partial charge in [0.15, 0.2) is 0 Å². The summed E-state index contributed by atoms with van der Waals surface area (Å²) in [6.07, 6.45) is 6.31. The van der Waals surface area contributed by atoms with Gasteiger partial charge in [-0.1, -0.05) is 6.42 Å². The second-order valence-electron chi connectivity index (χ2n) is 3.21. The summed E-state index contributed by atoms with van der Waals surface area (Å²) in [6, 6.07) is 0.508. The molecule has 0 amide bonds. The molecule has 0 aromatic rings. The summed E-state index contributed by atoms with van der Waals surface area (Å²) in [4.78, 5) is 5.13. The average molecular weight is 139 g/mol. The van der Waals surface area contributed by atoms with Crippen molar-refractivity contribution in [2.75, 3.05) is 0 Å². The van der Waals surface area contributed by atoms with Crippen molar-refractivity contribution in [3.8, 4) is 0 Å². The van der Waals surface area contributed by atoms with Gasteiger partial charge in [-0.3, -0.25) is 0 Å². The van der Waals surface area contributed by atoms with E-state index in [0.29, 0.717) is 6.04 Å². The number of hydroxylamine groups is 1. The van der Waals surface area contributed by atoms with E-state index >= 15 is 0 Å². The molecule has 2 nitrogen and oxygen atoms in total. The molecule has 1 aliphatic carbocycles. The number of nitrogens with one attached hydrogen (secondary N) is 1. The van der Waals surface area contributed by atoms with E-state index in [2.05, 4.69) is 11.6 Å². The van der Waals surface area contributed by atoms with Crippen LogP contribution in [0.2, 0.25) is 0 Å². The van der Waals surface area contributed by atoms with Crippen LogP contribution < -0.4 is 5.48 Å². The Morgan fingerprint density at radius 3 is 2.80 bits per heavy atom. The van der Waals surface area contributed by atoms with Crippen LogP contribution >= 0.6 is 0 Å². The van der Waals surface area contributed by atoms with E-state index in [-0.39, 0.29) is 0 Å². The lowest BCUT2D eigenvalue weighted by atomic mass is 9.80. The van der Waals surface area contributed by atoms with Gasteiger partial charge >= 0.3 is 0 Å². The lowest BCUT2D eigenvalue weighted by Crippen LogP contribution is -2.33. The zero-order chi connectivity index (χ0) is 6.97. The van der Waals surface area contributed by atoms with E-state index in [0.717, 1.165) is 11.7 Å². The van der Waals surface area contributed by atoms with E-state index in [9.17, 15) is 0 Å². The summed E-state index contributed by atoms with van der Waals surface area (Å²) in [6.45, 7) is 1.99. The highest BCUT2D eigenvalue weighted by molar-refractivity contribution is 5.05. The van der Waals surface area contributed by atoms with Gasteiger partial charge in [0.1, 0.15) is 5.76 Å². The van der Waals surface area contributed by atoms with Gasteiger partial charge < -0.3 is 4.84 Å². The zero-order valence-corrected chi connectivity index (χ0v) is 6.26. The normalized spacial score (nSPS) is 32.9. The molecule has 56 valence electrons. The van der Waals surface area contributed by atoms with Crippen LogP contribution in [0.1, 0.15) is 26.2 Å². The molecule has 1 aliphatic heterocycles. The second-order valence-corrected chi connectivity index (χ2v) is 3.21. The topological polar surface area (TPSA) is 21.3 Å². The Hall–Kier alpha value is -0.500. The highest BCUT2D eigenvalue weighted by Gasteiger charge is 2.28. The molecule has 2 heteroatoms. The maximum absolute atomic E-state index is 5.13. The van der Waals surface area contributed by atoms with Crippen molar-refractivity contribution in [3.05, 3.63) is 11.8 Å². The average Bonchev–Trinajstić information content (AvgIpc) is 2.10. The highest BCUT2D eigenvalue weighted by atomic mass is 16.7. The molecular weight excluding hydrogens is 126 g/mol. The van der Waals surface area contributed by atoms with Gasteiger partial charge in [0.05, 0.1) is 6.04 Å². The molecule has 10 heavy (non-hydrogen) atoms. The van der Waals surface area contributed by atoms with Gasteiger partial charge in [-0.25, -0.2) is 0 Å². The molecule has 1 N–H and O–H groups in total. The Balaban J connectivity index is 1.94. The van der Waals surface area contributed by atoms with Crippen LogP contribution in [0.4, 0.5) is 0 Å². The van der Waals surface area contributed by atoms with Crippen LogP contribution in [-0.4, -0.2) is 6.04 Å². The summed E-state index contributed by atoms with van der Waals surface area (Å²) in [5, 5.41) is 0. The lowest BCUT2D eigenvalue weighted by molar-refractivity contribution is 0.0843. The summed E-state index contributed by atoms with van der Waals surface area (Å²) < 4.78 is 0. The van der Waals surface area contributed by atoms with Gasteiger partial charge in [0.25, 0.3) is 0 Å². The first-order chi connectivity index (χ1) is 4.86. The van der Waals surface area contributed by atoms with E-state index in [1.807, 2.05) is 6.92 Å². The Labute approximate surface area is 61.2 Å². The molecule has 2 rings (SSSR count). The molecule has 1 unspecified atom stereocenters. The van der Waals surface area contributed by atoms with Gasteiger partial charge in [-0.2, -0.15) is 0 Å². The summed E-state index contributed by atoms with van der Waals surface area (Å²) in [5.74, 6) is 1.87. The fraction of sp³-hybridized carbons (Fsp3) is 0.750. The molecule has 2 aliphatic rings. The van der Waals surface area contributed by atoms with E-state index in [1.54, 1.807) is 0 Å². The van der Waals surface area contributed by atoms with Crippen molar-refractivity contribution in [3.63, 3.8) is 0 Å². The van der Waals surface area contributed by atoms with Crippen molar-refractivity contribution in [2.24, 2.45) is 5.92 Å². The van der Waals surface area contributed by atoms with E-state index in [4.69, 9.17) is 4.84 Å². The van der Waals surface area contributed by atoms with Crippen molar-refractivity contribution >= 4 is 0 Å². The molecule has 0 aromatic carbocycles. The molecule has 0 radical (unpaired) electrons. The Morgan fingerprint density at radius 1 is 1.60 bits per heavy atom. The van der Waals surface area contributed by atoms with Crippen LogP contribution in [0.15, 0.2) is 11.8 Å². The quantitative estimate of drug-likeness (QED) is 0.595. The fourth-order valence-corrected chi connectivity index (χ4v) is 1.51. The van der Waals surface area contributed by atoms with Gasteiger partial charge in [-0.15, -0.1) is 5.48 Å². The SMILES string of the molecule is CC1=CC(C2CCC2)NO1. The van der Waals surface area contributed by atoms with Crippen molar-refractivity contribution in [2.45, 2.75) is 32.2 Å². The Morgan fingerprint density at radius 2 is 2.40 bits per heavy atom. The molecule has 1 atom stereocenters. The molecule has 0 bridgehead atoms. The fourth-order valence-electron chi connectivity index (χ4n) is 1.51. The molecule has 1 saturated carbocycles. The second kappa shape index (κ2) is 2.27. The molecule has 0 saturated heterocycles. The number of hydrogen-bond acceptors (Lipinski definition) is 2. The van der Waals surface area contributed by atoms with Gasteiger partial charge in [0.2, 0.25) is 0 Å². The Bertz CT molecular complexity index is 161. The lowest BCUT2D eigenvalue weighted by Gasteiger charge is -2.28. The molecule has 1 heterocycles. The van der Waals surface area contributed by atoms with Crippen LogP contribution in [-0.2, 0) is 4.84 Å². The van der Waals surface area contributed by atoms with Crippen LogP contribution in [0.25, 0.3) is 0 Å². The third-order valence-electron chi connectivity index (χ3n) is 2.43. The smallest absolute Gasteiger partial charge is 0.118 e. The monoisotopic (exact) mass is 139 g/mol. The Kier molecular flexibility index (Phi) is 1.42. The number of allylic oxidation sites excluding steroid dienone is 1. The van der Waals surface area contributed by atoms with E-state index < -0.39 is 0 Å². The first kappa shape index (κ1) is 6.23. The van der Waals surface area contributed by atoms with Crippen LogP contribution in [0, 0.1) is 5.92 Å². The molecular formula is C8H13NO. The third-order valence-corrected chi connectivity index (χ3v) is 2.43. The van der Waals surface area contributed by atoms with Crippen molar-refractivity contribution < 1.29 is 4.84 Å². The summed E-state index contributed by atoms with van der Waals surface area (Å²) >= 11 is 0. The van der Waals surface area contributed by atoms with Gasteiger partial charge in [-0.05, 0) is 31.8 Å². The van der Waals surface area contributed by atoms with Crippen molar-refractivity contribution in [1.82, 2.24) is 5.48 Å². The summed E-state index contributed by atoms with van der Waals surface area (Å²) in [5.41, 5.74) is 3.02. The standard InChI is InChI=1S/C8H13NO/c1-6-5-8(9-10-6)7-3-2-4-7/h5,7-9H,2-4H2,1H3. The van der Waals surface area contributed by atoms with Crippen molar-refractivity contribution in [1.29, 1.82) is 0 Å². The van der Waals surface area contributed by atoms with Crippen LogP contribution in [0.3, 0.4) is 0 Å². The highest BCUT2D eigenvalue weighted by Crippen LogP contribution is 2.32.